The van der Waals surface area contributed by atoms with Gasteiger partial charge in [0.15, 0.2) is 8.32 Å². The molecule has 2 saturated carbocycles. The molecule has 0 spiro atoms. The molecule has 0 heterocycles. The highest BCUT2D eigenvalue weighted by Crippen LogP contribution is 2.64. The highest BCUT2D eigenvalue weighted by molar-refractivity contribution is 6.75. The van der Waals surface area contributed by atoms with Gasteiger partial charge in [0.2, 0.25) is 8.32 Å². The molecule has 0 aliphatic heterocycles. The molecule has 3 aliphatic rings. The second-order valence-electron chi connectivity index (χ2n) is 18.1. The zero-order valence-corrected chi connectivity index (χ0v) is 32.1. The molecule has 0 radical (unpaired) electrons. The van der Waals surface area contributed by atoms with Gasteiger partial charge in [-0.15, -0.1) is 0 Å². The first-order valence-corrected chi connectivity index (χ1v) is 23.8. The fourth-order valence-electron chi connectivity index (χ4n) is 8.42. The molecule has 1 N–H and O–H groups in total. The molecule has 0 saturated heterocycles. The first-order chi connectivity index (χ1) is 19.9. The lowest BCUT2D eigenvalue weighted by molar-refractivity contribution is -0.0264. The van der Waals surface area contributed by atoms with E-state index in [1.165, 1.54) is 70.6 Å². The summed E-state index contributed by atoms with van der Waals surface area (Å²) < 4.78 is 14.2. The Labute approximate surface area is 268 Å². The van der Waals surface area contributed by atoms with Crippen molar-refractivity contribution < 1.29 is 14.0 Å². The van der Waals surface area contributed by atoms with Gasteiger partial charge in [0.05, 0.1) is 6.10 Å². The number of aryl methyl sites for hydroxylation is 1. The fourth-order valence-corrected chi connectivity index (χ4v) is 10.9. The molecule has 2 fully saturated rings. The van der Waals surface area contributed by atoms with Gasteiger partial charge in [-0.05, 0) is 134 Å². The van der Waals surface area contributed by atoms with E-state index in [0.29, 0.717) is 30.0 Å². The molecular weight excluding hydrogens is 561 g/mol. The van der Waals surface area contributed by atoms with E-state index < -0.39 is 16.6 Å². The molecule has 0 bridgehead atoms. The minimum Gasteiger partial charge on any atom is -0.543 e. The lowest BCUT2D eigenvalue weighted by atomic mass is 9.55. The van der Waals surface area contributed by atoms with E-state index in [1.54, 1.807) is 11.1 Å². The Bertz CT molecular complexity index is 1070. The SMILES string of the molecule is CC(C)(C)[Si](C)(C)Oc1ccc2c(c1)CC[C@@H]1[C@@H]2CC[C@@]2(C)[C@H]1C[C@H](CCCCCCCCO)[C@@H]2O[Si](C)(C)C(C)(C)C. The van der Waals surface area contributed by atoms with Crippen molar-refractivity contribution in [1.82, 2.24) is 0 Å². The molecule has 0 amide bonds. The zero-order valence-electron chi connectivity index (χ0n) is 30.1. The van der Waals surface area contributed by atoms with Crippen molar-refractivity contribution in [2.24, 2.45) is 23.2 Å². The van der Waals surface area contributed by atoms with E-state index in [9.17, 15) is 0 Å². The smallest absolute Gasteiger partial charge is 0.250 e. The molecular formula is C38H68O3Si2. The van der Waals surface area contributed by atoms with Crippen molar-refractivity contribution in [3.63, 3.8) is 0 Å². The standard InChI is InChI=1S/C38H68O3Si2/c1-36(2,3)42(8,9)40-30-20-22-31-28(26-30)19-21-33-32(31)23-24-38(7)34(33)27-29(18-16-14-12-13-15-17-25-39)35(38)41-43(10,11)37(4,5)6/h20,22,26,29,32-35,39H,12-19,21,23-25,27H2,1-11H3/t29-,32+,33+,34-,35-,38-/m0/s1. The minimum atomic E-state index is -1.88. The maximum Gasteiger partial charge on any atom is 0.250 e. The third-order valence-electron chi connectivity index (χ3n) is 13.2. The molecule has 5 heteroatoms. The van der Waals surface area contributed by atoms with Gasteiger partial charge in [0.25, 0.3) is 0 Å². The molecule has 0 unspecified atom stereocenters. The van der Waals surface area contributed by atoms with Crippen LogP contribution < -0.4 is 4.43 Å². The summed E-state index contributed by atoms with van der Waals surface area (Å²) in [6.45, 7) is 26.9. The maximum atomic E-state index is 9.12. The van der Waals surface area contributed by atoms with E-state index in [4.69, 9.17) is 14.0 Å². The van der Waals surface area contributed by atoms with Crippen LogP contribution in [0.4, 0.5) is 0 Å². The second kappa shape index (κ2) is 13.2. The lowest BCUT2D eigenvalue weighted by Crippen LogP contribution is -2.51. The number of aliphatic hydroxyl groups is 1. The van der Waals surface area contributed by atoms with Crippen LogP contribution in [0.1, 0.15) is 136 Å². The summed E-state index contributed by atoms with van der Waals surface area (Å²) in [6, 6.07) is 7.18. The summed E-state index contributed by atoms with van der Waals surface area (Å²) >= 11 is 0. The minimum absolute atomic E-state index is 0.212. The predicted octanol–water partition coefficient (Wildman–Crippen LogP) is 11.3. The second-order valence-corrected chi connectivity index (χ2v) is 27.6. The largest absolute Gasteiger partial charge is 0.543 e. The van der Waals surface area contributed by atoms with Crippen LogP contribution in [0.2, 0.25) is 36.3 Å². The highest BCUT2D eigenvalue weighted by Gasteiger charge is 2.60. The van der Waals surface area contributed by atoms with E-state index in [0.717, 1.165) is 24.0 Å². The van der Waals surface area contributed by atoms with Gasteiger partial charge in [-0.3, -0.25) is 0 Å². The Morgan fingerprint density at radius 1 is 0.860 bits per heavy atom. The predicted molar refractivity (Wildman–Crippen MR) is 189 cm³/mol. The molecule has 6 atom stereocenters. The Morgan fingerprint density at radius 2 is 1.49 bits per heavy atom. The molecule has 3 aliphatic carbocycles. The van der Waals surface area contributed by atoms with E-state index in [-0.39, 0.29) is 10.1 Å². The van der Waals surface area contributed by atoms with E-state index in [2.05, 4.69) is 92.9 Å². The van der Waals surface area contributed by atoms with Crippen LogP contribution >= 0.6 is 0 Å². The summed E-state index contributed by atoms with van der Waals surface area (Å²) in [4.78, 5) is 0. The van der Waals surface area contributed by atoms with E-state index in [1.807, 2.05) is 0 Å². The van der Waals surface area contributed by atoms with Crippen molar-refractivity contribution in [1.29, 1.82) is 0 Å². The van der Waals surface area contributed by atoms with Gasteiger partial charge >= 0.3 is 0 Å². The van der Waals surface area contributed by atoms with Crippen molar-refractivity contribution in [3.05, 3.63) is 29.3 Å². The lowest BCUT2D eigenvalue weighted by Gasteiger charge is -2.52. The van der Waals surface area contributed by atoms with Gasteiger partial charge in [-0.25, -0.2) is 0 Å². The number of rotatable bonds is 12. The average molecular weight is 629 g/mol. The summed E-state index contributed by atoms with van der Waals surface area (Å²) in [7, 11) is -3.72. The van der Waals surface area contributed by atoms with Crippen LogP contribution in [-0.2, 0) is 10.8 Å². The summed E-state index contributed by atoms with van der Waals surface area (Å²) in [6.07, 6.45) is 15.6. The molecule has 246 valence electrons. The van der Waals surface area contributed by atoms with Crippen molar-refractivity contribution in [2.45, 2.75) is 174 Å². The van der Waals surface area contributed by atoms with Gasteiger partial charge in [0, 0.05) is 6.61 Å². The Hall–Kier alpha value is -0.626. The number of hydrogen-bond donors (Lipinski definition) is 1. The molecule has 0 aromatic heterocycles. The van der Waals surface area contributed by atoms with Crippen molar-refractivity contribution >= 4 is 16.6 Å². The number of benzene rings is 1. The number of unbranched alkanes of at least 4 members (excludes halogenated alkanes) is 5. The van der Waals surface area contributed by atoms with Crippen LogP contribution in [0, 0.1) is 23.2 Å². The molecule has 4 rings (SSSR count). The molecule has 1 aromatic carbocycles. The van der Waals surface area contributed by atoms with E-state index >= 15 is 0 Å². The van der Waals surface area contributed by atoms with Crippen LogP contribution in [0.15, 0.2) is 18.2 Å². The first kappa shape index (κ1) is 35.2. The quantitative estimate of drug-likeness (QED) is 0.185. The number of hydrogen-bond acceptors (Lipinski definition) is 3. The van der Waals surface area contributed by atoms with Crippen molar-refractivity contribution in [3.8, 4) is 5.75 Å². The van der Waals surface area contributed by atoms with Gasteiger partial charge in [0.1, 0.15) is 5.75 Å². The summed E-state index contributed by atoms with van der Waals surface area (Å²) in [5.74, 6) is 4.05. The summed E-state index contributed by atoms with van der Waals surface area (Å²) in [5.41, 5.74) is 3.49. The average Bonchev–Trinajstić information content (AvgIpc) is 3.17. The Balaban J connectivity index is 1.53. The Kier molecular flexibility index (Phi) is 10.8. The van der Waals surface area contributed by atoms with Crippen LogP contribution in [-0.4, -0.2) is 34.5 Å². The number of fused-ring (bicyclic) bond motifs is 5. The molecule has 1 aromatic rings. The third-order valence-corrected chi connectivity index (χ3v) is 22.0. The highest BCUT2D eigenvalue weighted by atomic mass is 28.4. The van der Waals surface area contributed by atoms with Crippen LogP contribution in [0.5, 0.6) is 5.75 Å². The van der Waals surface area contributed by atoms with Crippen molar-refractivity contribution in [2.75, 3.05) is 6.61 Å². The Morgan fingerprint density at radius 3 is 2.12 bits per heavy atom. The van der Waals surface area contributed by atoms with Gasteiger partial charge in [-0.1, -0.05) is 86.6 Å². The van der Waals surface area contributed by atoms with Crippen LogP contribution in [0.25, 0.3) is 0 Å². The molecule has 43 heavy (non-hydrogen) atoms. The van der Waals surface area contributed by atoms with Gasteiger partial charge in [-0.2, -0.15) is 0 Å². The fraction of sp³-hybridized carbons (Fsp3) is 0.842. The normalized spacial score (nSPS) is 29.6. The first-order valence-electron chi connectivity index (χ1n) is 18.0. The monoisotopic (exact) mass is 628 g/mol. The number of aliphatic hydroxyl groups excluding tert-OH is 1. The maximum absolute atomic E-state index is 9.12. The van der Waals surface area contributed by atoms with Gasteiger partial charge < -0.3 is 14.0 Å². The molecule has 3 nitrogen and oxygen atoms in total. The zero-order chi connectivity index (χ0) is 31.8. The summed E-state index contributed by atoms with van der Waals surface area (Å²) in [5, 5.41) is 9.57. The topological polar surface area (TPSA) is 38.7 Å². The third kappa shape index (κ3) is 7.52. The van der Waals surface area contributed by atoms with Crippen LogP contribution in [0.3, 0.4) is 0 Å².